The highest BCUT2D eigenvalue weighted by Gasteiger charge is 2.25. The lowest BCUT2D eigenvalue weighted by atomic mass is 10.1. The van der Waals surface area contributed by atoms with Gasteiger partial charge in [0.1, 0.15) is 0 Å². The second-order valence-electron chi connectivity index (χ2n) is 4.38. The van der Waals surface area contributed by atoms with Crippen molar-refractivity contribution in [3.63, 3.8) is 0 Å². The molecule has 5 nitrogen and oxygen atoms in total. The molecule has 1 saturated heterocycles. The molecular formula is C12H16FN3O2. The first-order valence-electron chi connectivity index (χ1n) is 6.00. The lowest BCUT2D eigenvalue weighted by Gasteiger charge is -2.37. The Morgan fingerprint density at radius 3 is 2.78 bits per heavy atom. The fourth-order valence-corrected chi connectivity index (χ4v) is 2.08. The molecule has 1 N–H and O–H groups in total. The molecule has 0 amide bonds. The van der Waals surface area contributed by atoms with E-state index in [2.05, 4.69) is 10.2 Å². The third kappa shape index (κ3) is 2.49. The summed E-state index contributed by atoms with van der Waals surface area (Å²) in [6, 6.07) is 4.73. The first kappa shape index (κ1) is 12.9. The quantitative estimate of drug-likeness (QED) is 0.638. The maximum Gasteiger partial charge on any atom is 0.305 e. The van der Waals surface area contributed by atoms with Crippen LogP contribution < -0.4 is 5.32 Å². The van der Waals surface area contributed by atoms with Crippen molar-refractivity contribution >= 4 is 5.69 Å². The van der Waals surface area contributed by atoms with Crippen LogP contribution in [0.5, 0.6) is 0 Å². The molecule has 1 aliphatic heterocycles. The molecule has 1 aromatic carbocycles. The molecule has 0 atom stereocenters. The molecule has 18 heavy (non-hydrogen) atoms. The van der Waals surface area contributed by atoms with Crippen LogP contribution in [0.15, 0.2) is 18.2 Å². The molecule has 2 rings (SSSR count). The third-order valence-corrected chi connectivity index (χ3v) is 3.31. The van der Waals surface area contributed by atoms with E-state index in [0.717, 1.165) is 19.6 Å². The summed E-state index contributed by atoms with van der Waals surface area (Å²) in [5.41, 5.74) is -0.0618. The van der Waals surface area contributed by atoms with E-state index in [0.29, 0.717) is 18.2 Å². The lowest BCUT2D eigenvalue weighted by Crippen LogP contribution is -2.56. The van der Waals surface area contributed by atoms with E-state index in [1.165, 1.54) is 12.1 Å². The van der Waals surface area contributed by atoms with Crippen LogP contribution in [0.4, 0.5) is 10.1 Å². The van der Waals surface area contributed by atoms with Gasteiger partial charge in [0.15, 0.2) is 0 Å². The van der Waals surface area contributed by atoms with E-state index < -0.39 is 16.4 Å². The number of nitro groups is 1. The molecule has 0 radical (unpaired) electrons. The van der Waals surface area contributed by atoms with Crippen LogP contribution in [-0.4, -0.2) is 35.5 Å². The van der Waals surface area contributed by atoms with E-state index in [1.54, 1.807) is 6.07 Å². The number of nitrogens with one attached hydrogen (secondary N) is 1. The number of benzene rings is 1. The van der Waals surface area contributed by atoms with Crippen molar-refractivity contribution < 1.29 is 9.31 Å². The zero-order valence-corrected chi connectivity index (χ0v) is 10.2. The molecule has 1 heterocycles. The standard InChI is InChI=1S/C12H16FN3O2/c1-2-15(10-6-14-7-10)8-9-4-3-5-11(12(9)13)16(17)18/h3-5,10,14H,2,6-8H2,1H3. The average Bonchev–Trinajstić information content (AvgIpc) is 2.27. The van der Waals surface area contributed by atoms with Crippen LogP contribution in [0.25, 0.3) is 0 Å². The average molecular weight is 253 g/mol. The molecule has 1 aliphatic rings. The van der Waals surface area contributed by atoms with Gasteiger partial charge in [0.05, 0.1) is 4.92 Å². The normalized spacial score (nSPS) is 15.7. The van der Waals surface area contributed by atoms with Gasteiger partial charge in [0, 0.05) is 37.3 Å². The zero-order valence-electron chi connectivity index (χ0n) is 10.2. The Kier molecular flexibility index (Phi) is 3.88. The monoisotopic (exact) mass is 253 g/mol. The molecule has 0 aliphatic carbocycles. The van der Waals surface area contributed by atoms with Crippen molar-refractivity contribution in [2.75, 3.05) is 19.6 Å². The van der Waals surface area contributed by atoms with Gasteiger partial charge in [-0.05, 0) is 6.54 Å². The van der Waals surface area contributed by atoms with Gasteiger partial charge < -0.3 is 5.32 Å². The summed E-state index contributed by atoms with van der Waals surface area (Å²) in [7, 11) is 0. The van der Waals surface area contributed by atoms with E-state index in [9.17, 15) is 14.5 Å². The van der Waals surface area contributed by atoms with Crippen molar-refractivity contribution in [1.82, 2.24) is 10.2 Å². The lowest BCUT2D eigenvalue weighted by molar-refractivity contribution is -0.387. The second kappa shape index (κ2) is 5.41. The Hall–Kier alpha value is -1.53. The molecule has 0 bridgehead atoms. The Labute approximate surface area is 105 Å². The summed E-state index contributed by atoms with van der Waals surface area (Å²) in [4.78, 5) is 12.1. The van der Waals surface area contributed by atoms with Gasteiger partial charge in [-0.1, -0.05) is 19.1 Å². The molecule has 98 valence electrons. The van der Waals surface area contributed by atoms with Gasteiger partial charge in [0.25, 0.3) is 0 Å². The summed E-state index contributed by atoms with van der Waals surface area (Å²) >= 11 is 0. The Morgan fingerprint density at radius 1 is 1.56 bits per heavy atom. The van der Waals surface area contributed by atoms with Crippen LogP contribution in [0.3, 0.4) is 0 Å². The van der Waals surface area contributed by atoms with Crippen LogP contribution >= 0.6 is 0 Å². The summed E-state index contributed by atoms with van der Waals surface area (Å²) < 4.78 is 13.9. The molecule has 1 aromatic rings. The molecule has 0 unspecified atom stereocenters. The number of likely N-dealkylation sites (N-methyl/N-ethyl adjacent to an activating group) is 1. The molecule has 0 aromatic heterocycles. The Bertz CT molecular complexity index is 449. The van der Waals surface area contributed by atoms with Crippen molar-refractivity contribution in [3.05, 3.63) is 39.7 Å². The highest BCUT2D eigenvalue weighted by atomic mass is 19.1. The van der Waals surface area contributed by atoms with Gasteiger partial charge in [-0.2, -0.15) is 4.39 Å². The maximum absolute atomic E-state index is 13.9. The first-order valence-corrected chi connectivity index (χ1v) is 6.00. The van der Waals surface area contributed by atoms with Crippen LogP contribution in [0.1, 0.15) is 12.5 Å². The Morgan fingerprint density at radius 2 is 2.28 bits per heavy atom. The minimum atomic E-state index is -0.715. The highest BCUT2D eigenvalue weighted by Crippen LogP contribution is 2.22. The molecule has 1 fully saturated rings. The zero-order chi connectivity index (χ0) is 13.1. The van der Waals surface area contributed by atoms with E-state index >= 15 is 0 Å². The molecule has 0 spiro atoms. The maximum atomic E-state index is 13.9. The Balaban J connectivity index is 2.17. The van der Waals surface area contributed by atoms with Crippen molar-refractivity contribution in [3.8, 4) is 0 Å². The predicted molar refractivity (Wildman–Crippen MR) is 65.8 cm³/mol. The molecule has 6 heteroatoms. The number of hydrogen-bond donors (Lipinski definition) is 1. The van der Waals surface area contributed by atoms with Crippen LogP contribution in [-0.2, 0) is 6.54 Å². The third-order valence-electron chi connectivity index (χ3n) is 3.31. The van der Waals surface area contributed by atoms with E-state index in [1.807, 2.05) is 6.92 Å². The SMILES string of the molecule is CCN(Cc1cccc([N+](=O)[O-])c1F)C1CNC1. The minimum absolute atomic E-state index is 0.387. The van der Waals surface area contributed by atoms with E-state index in [-0.39, 0.29) is 0 Å². The van der Waals surface area contributed by atoms with E-state index in [4.69, 9.17) is 0 Å². The van der Waals surface area contributed by atoms with Crippen LogP contribution in [0, 0.1) is 15.9 Å². The predicted octanol–water partition coefficient (Wildman–Crippen LogP) is 1.53. The molecule has 0 saturated carbocycles. The first-order chi connectivity index (χ1) is 8.63. The fourth-order valence-electron chi connectivity index (χ4n) is 2.08. The number of rotatable bonds is 5. The van der Waals surface area contributed by atoms with Gasteiger partial charge in [-0.3, -0.25) is 15.0 Å². The van der Waals surface area contributed by atoms with Crippen molar-refractivity contribution in [2.45, 2.75) is 19.5 Å². The fraction of sp³-hybridized carbons (Fsp3) is 0.500. The minimum Gasteiger partial charge on any atom is -0.314 e. The summed E-state index contributed by atoms with van der Waals surface area (Å²) in [5, 5.41) is 13.8. The number of nitro benzene ring substituents is 1. The van der Waals surface area contributed by atoms with Crippen LogP contribution in [0.2, 0.25) is 0 Å². The van der Waals surface area contributed by atoms with Crippen molar-refractivity contribution in [2.24, 2.45) is 0 Å². The second-order valence-corrected chi connectivity index (χ2v) is 4.38. The van der Waals surface area contributed by atoms with Gasteiger partial charge >= 0.3 is 5.69 Å². The van der Waals surface area contributed by atoms with Gasteiger partial charge in [-0.25, -0.2) is 0 Å². The number of halogens is 1. The van der Waals surface area contributed by atoms with Gasteiger partial charge in [-0.15, -0.1) is 0 Å². The largest absolute Gasteiger partial charge is 0.314 e. The van der Waals surface area contributed by atoms with Gasteiger partial charge in [0.2, 0.25) is 5.82 Å². The molecular weight excluding hydrogens is 237 g/mol. The summed E-state index contributed by atoms with van der Waals surface area (Å²) in [6.45, 7) is 5.01. The van der Waals surface area contributed by atoms with Crippen molar-refractivity contribution in [1.29, 1.82) is 0 Å². The highest BCUT2D eigenvalue weighted by molar-refractivity contribution is 5.36. The number of nitrogens with zero attached hydrogens (tertiary/aromatic N) is 2. The topological polar surface area (TPSA) is 58.4 Å². The number of hydrogen-bond acceptors (Lipinski definition) is 4. The smallest absolute Gasteiger partial charge is 0.305 e. The summed E-state index contributed by atoms with van der Waals surface area (Å²) in [6.07, 6.45) is 0. The summed E-state index contributed by atoms with van der Waals surface area (Å²) in [5.74, 6) is -0.715.